The molecule has 0 aliphatic carbocycles. The van der Waals surface area contributed by atoms with Gasteiger partial charge in [-0.1, -0.05) is 29.5 Å². The third-order valence-corrected chi connectivity index (χ3v) is 5.33. The smallest absolute Gasteiger partial charge is 0.263 e. The molecule has 3 amide bonds. The van der Waals surface area contributed by atoms with Crippen LogP contribution in [0.3, 0.4) is 0 Å². The monoisotopic (exact) mass is 391 g/mol. The normalized spacial score (nSPS) is 20.4. The number of imide groups is 1. The Morgan fingerprint density at radius 3 is 2.48 bits per heavy atom. The molecular formula is C21H21N5O3. The van der Waals surface area contributed by atoms with Crippen LogP contribution < -0.4 is 10.2 Å². The van der Waals surface area contributed by atoms with Crippen LogP contribution in [0.25, 0.3) is 0 Å². The molecule has 1 N–H and O–H groups in total. The maximum absolute atomic E-state index is 13.0. The third-order valence-electron chi connectivity index (χ3n) is 5.33. The molecule has 2 atom stereocenters. The Bertz CT molecular complexity index is 1050. The predicted molar refractivity (Wildman–Crippen MR) is 107 cm³/mol. The van der Waals surface area contributed by atoms with Gasteiger partial charge in [0.15, 0.2) is 12.1 Å². The van der Waals surface area contributed by atoms with E-state index in [2.05, 4.69) is 15.7 Å². The van der Waals surface area contributed by atoms with E-state index in [4.69, 9.17) is 0 Å². The van der Waals surface area contributed by atoms with Gasteiger partial charge in [-0.25, -0.2) is 4.90 Å². The maximum Gasteiger partial charge on any atom is 0.263 e. The molecule has 1 fully saturated rings. The molecule has 2 aliphatic rings. The largest absolute Gasteiger partial charge is 0.324 e. The predicted octanol–water partition coefficient (Wildman–Crippen LogP) is 2.54. The zero-order valence-corrected chi connectivity index (χ0v) is 16.4. The van der Waals surface area contributed by atoms with Crippen LogP contribution in [0, 0.1) is 20.8 Å². The van der Waals surface area contributed by atoms with Crippen LogP contribution in [0.2, 0.25) is 0 Å². The van der Waals surface area contributed by atoms with Crippen molar-refractivity contribution in [1.29, 1.82) is 0 Å². The Morgan fingerprint density at radius 2 is 1.76 bits per heavy atom. The van der Waals surface area contributed by atoms with Crippen LogP contribution in [-0.4, -0.2) is 41.4 Å². The summed E-state index contributed by atoms with van der Waals surface area (Å²) in [5.74, 6) is -1.17. The number of fused-ring (bicyclic) bond motifs is 1. The average Bonchev–Trinajstić information content (AvgIpc) is 3.20. The van der Waals surface area contributed by atoms with Gasteiger partial charge in [-0.05, 0) is 55.7 Å². The Labute approximate surface area is 168 Å². The van der Waals surface area contributed by atoms with Crippen molar-refractivity contribution in [2.45, 2.75) is 32.9 Å². The molecule has 1 saturated heterocycles. The number of rotatable bonds is 4. The average molecular weight is 391 g/mol. The van der Waals surface area contributed by atoms with Gasteiger partial charge in [0.1, 0.15) is 6.54 Å². The number of aryl methyl sites for hydroxylation is 3. The zero-order valence-electron chi connectivity index (χ0n) is 16.4. The van der Waals surface area contributed by atoms with Crippen molar-refractivity contribution in [3.8, 4) is 0 Å². The molecule has 29 heavy (non-hydrogen) atoms. The van der Waals surface area contributed by atoms with Crippen molar-refractivity contribution in [2.75, 3.05) is 16.8 Å². The summed E-state index contributed by atoms with van der Waals surface area (Å²) in [5.41, 5.74) is 4.18. The fourth-order valence-corrected chi connectivity index (χ4v) is 3.52. The Morgan fingerprint density at radius 1 is 1.00 bits per heavy atom. The summed E-state index contributed by atoms with van der Waals surface area (Å²) in [5, 5.41) is 12.0. The van der Waals surface area contributed by atoms with Crippen molar-refractivity contribution < 1.29 is 14.4 Å². The van der Waals surface area contributed by atoms with Gasteiger partial charge in [0.25, 0.3) is 11.8 Å². The molecule has 4 rings (SSSR count). The van der Waals surface area contributed by atoms with Gasteiger partial charge in [-0.15, -0.1) is 0 Å². The van der Waals surface area contributed by atoms with Gasteiger partial charge in [-0.3, -0.25) is 19.4 Å². The zero-order chi connectivity index (χ0) is 20.7. The molecule has 8 heteroatoms. The second-order valence-electron chi connectivity index (χ2n) is 7.34. The van der Waals surface area contributed by atoms with Gasteiger partial charge in [0, 0.05) is 5.69 Å². The van der Waals surface area contributed by atoms with E-state index in [0.29, 0.717) is 11.4 Å². The van der Waals surface area contributed by atoms with E-state index in [1.165, 1.54) is 5.01 Å². The molecule has 2 aromatic rings. The molecule has 148 valence electrons. The minimum absolute atomic E-state index is 0.168. The van der Waals surface area contributed by atoms with Crippen molar-refractivity contribution in [3.63, 3.8) is 0 Å². The summed E-state index contributed by atoms with van der Waals surface area (Å²) < 4.78 is 0. The fourth-order valence-electron chi connectivity index (χ4n) is 3.52. The lowest BCUT2D eigenvalue weighted by atomic mass is 10.1. The first-order valence-electron chi connectivity index (χ1n) is 9.35. The number of nitrogens with one attached hydrogen (secondary N) is 1. The topological polar surface area (TPSA) is 94.4 Å². The molecule has 0 radical (unpaired) electrons. The fraction of sp³-hybridized carbons (Fsp3) is 0.286. The van der Waals surface area contributed by atoms with E-state index in [-0.39, 0.29) is 12.5 Å². The lowest BCUT2D eigenvalue weighted by molar-refractivity contribution is -0.123. The number of amides is 3. The van der Waals surface area contributed by atoms with E-state index in [1.807, 2.05) is 45.0 Å². The van der Waals surface area contributed by atoms with Crippen LogP contribution in [0.15, 0.2) is 52.8 Å². The van der Waals surface area contributed by atoms with Crippen LogP contribution in [0.5, 0.6) is 0 Å². The molecule has 2 aromatic carbocycles. The summed E-state index contributed by atoms with van der Waals surface area (Å²) in [6, 6.07) is 11.0. The number of hydrogen-bond donors (Lipinski definition) is 1. The summed E-state index contributed by atoms with van der Waals surface area (Å²) in [6.45, 7) is 5.61. The van der Waals surface area contributed by atoms with Gasteiger partial charge < -0.3 is 5.32 Å². The summed E-state index contributed by atoms with van der Waals surface area (Å²) >= 11 is 0. The highest BCUT2D eigenvalue weighted by Gasteiger charge is 2.55. The molecule has 0 unspecified atom stereocenters. The molecule has 0 saturated carbocycles. The Balaban J connectivity index is 1.51. The molecule has 2 heterocycles. The van der Waals surface area contributed by atoms with Crippen molar-refractivity contribution >= 4 is 29.1 Å². The first-order chi connectivity index (χ1) is 13.9. The van der Waals surface area contributed by atoms with Crippen LogP contribution in [-0.2, 0) is 14.4 Å². The third kappa shape index (κ3) is 3.26. The molecule has 0 spiro atoms. The minimum Gasteiger partial charge on any atom is -0.324 e. The van der Waals surface area contributed by atoms with Crippen molar-refractivity contribution in [1.82, 2.24) is 5.01 Å². The number of anilines is 2. The number of nitrogens with zero attached hydrogens (tertiary/aromatic N) is 4. The molecule has 0 bridgehead atoms. The quantitative estimate of drug-likeness (QED) is 0.811. The number of carbonyl (C=O) groups excluding carboxylic acids is 3. The van der Waals surface area contributed by atoms with E-state index in [0.717, 1.165) is 21.6 Å². The highest BCUT2D eigenvalue weighted by molar-refractivity contribution is 6.25. The number of para-hydroxylation sites is 1. The molecule has 8 nitrogen and oxygen atoms in total. The summed E-state index contributed by atoms with van der Waals surface area (Å²) in [7, 11) is 0. The SMILES string of the molecule is Cc1ccc(N2C(=O)[C@H]3N=NN(CC(=O)Nc4ccccc4C)[C@@H]3C2=O)cc1C. The van der Waals surface area contributed by atoms with Gasteiger partial charge in [0.2, 0.25) is 5.91 Å². The highest BCUT2D eigenvalue weighted by atomic mass is 16.2. The van der Waals surface area contributed by atoms with E-state index >= 15 is 0 Å². The molecule has 2 aliphatic heterocycles. The van der Waals surface area contributed by atoms with E-state index < -0.39 is 23.9 Å². The van der Waals surface area contributed by atoms with Gasteiger partial charge in [-0.2, -0.15) is 5.11 Å². The lowest BCUT2D eigenvalue weighted by Crippen LogP contribution is -2.43. The number of benzene rings is 2. The van der Waals surface area contributed by atoms with Crippen LogP contribution in [0.1, 0.15) is 16.7 Å². The maximum atomic E-state index is 13.0. The standard InChI is InChI=1S/C21H21N5O3/c1-12-8-9-15(10-14(12)3)26-20(28)18-19(21(26)29)25(24-23-18)11-17(27)22-16-7-5-4-6-13(16)2/h4-10,18-19H,11H2,1-3H3,(H,22,27)/t18-,19-/m0/s1. The summed E-state index contributed by atoms with van der Waals surface area (Å²) in [6.07, 6.45) is 0. The number of hydrogen-bond acceptors (Lipinski definition) is 6. The van der Waals surface area contributed by atoms with Crippen LogP contribution in [0.4, 0.5) is 11.4 Å². The van der Waals surface area contributed by atoms with Crippen molar-refractivity contribution in [2.24, 2.45) is 10.3 Å². The van der Waals surface area contributed by atoms with Crippen LogP contribution >= 0.6 is 0 Å². The first kappa shape index (κ1) is 18.8. The Kier molecular flexibility index (Phi) is 4.62. The molecule has 0 aromatic heterocycles. The second-order valence-corrected chi connectivity index (χ2v) is 7.34. The van der Waals surface area contributed by atoms with Gasteiger partial charge in [0.05, 0.1) is 5.69 Å². The Hall–Kier alpha value is -3.55. The first-order valence-corrected chi connectivity index (χ1v) is 9.35. The number of carbonyl (C=O) groups is 3. The van der Waals surface area contributed by atoms with E-state index in [1.54, 1.807) is 18.2 Å². The highest BCUT2D eigenvalue weighted by Crippen LogP contribution is 2.32. The minimum atomic E-state index is -0.921. The van der Waals surface area contributed by atoms with Crippen molar-refractivity contribution in [3.05, 3.63) is 59.2 Å². The lowest BCUT2D eigenvalue weighted by Gasteiger charge is -2.20. The second kappa shape index (κ2) is 7.12. The summed E-state index contributed by atoms with van der Waals surface area (Å²) in [4.78, 5) is 39.4. The van der Waals surface area contributed by atoms with Gasteiger partial charge >= 0.3 is 0 Å². The van der Waals surface area contributed by atoms with E-state index in [9.17, 15) is 14.4 Å². The molecular weight excluding hydrogens is 370 g/mol.